The monoisotopic (exact) mass is 366 g/mol. The summed E-state index contributed by atoms with van der Waals surface area (Å²) >= 11 is 0. The van der Waals surface area contributed by atoms with Crippen molar-refractivity contribution in [3.8, 4) is 0 Å². The van der Waals surface area contributed by atoms with Crippen molar-refractivity contribution in [2.75, 3.05) is 24.3 Å². The van der Waals surface area contributed by atoms with Crippen LogP contribution in [0.25, 0.3) is 0 Å². The number of ether oxygens (including phenoxy) is 1. The first-order valence-corrected chi connectivity index (χ1v) is 9.37. The average molecular weight is 366 g/mol. The Morgan fingerprint density at radius 1 is 1.19 bits per heavy atom. The minimum atomic E-state index is -0.354. The Balaban J connectivity index is 1.60. The number of methoxy groups -OCH3 is 1. The Morgan fingerprint density at radius 2 is 2.00 bits per heavy atom. The second-order valence-electron chi connectivity index (χ2n) is 6.70. The fourth-order valence-corrected chi connectivity index (χ4v) is 3.13. The van der Waals surface area contributed by atoms with Crippen molar-refractivity contribution in [3.63, 3.8) is 0 Å². The highest BCUT2D eigenvalue weighted by Crippen LogP contribution is 2.21. The van der Waals surface area contributed by atoms with Crippen molar-refractivity contribution in [1.29, 1.82) is 0 Å². The molecule has 0 unspecified atom stereocenters. The van der Waals surface area contributed by atoms with E-state index >= 15 is 0 Å². The number of carbonyl (C=O) groups excluding carboxylic acids is 1. The lowest BCUT2D eigenvalue weighted by molar-refractivity contribution is 0.0601. The number of nitrogens with zero attached hydrogens (tertiary/aromatic N) is 2. The van der Waals surface area contributed by atoms with Crippen LogP contribution in [0, 0.1) is 6.92 Å². The van der Waals surface area contributed by atoms with E-state index in [0.29, 0.717) is 11.5 Å². The van der Waals surface area contributed by atoms with Crippen molar-refractivity contribution >= 4 is 23.4 Å². The SMILES string of the molecule is COC(=O)c1ccc(Nc2nc(C)cc(NCCC3=CCCCC3)n2)cc1. The molecule has 2 aromatic rings. The highest BCUT2D eigenvalue weighted by molar-refractivity contribution is 5.89. The van der Waals surface area contributed by atoms with E-state index in [9.17, 15) is 4.79 Å². The van der Waals surface area contributed by atoms with Crippen LogP contribution in [-0.2, 0) is 4.74 Å². The first-order chi connectivity index (χ1) is 13.1. The third-order valence-electron chi connectivity index (χ3n) is 4.55. The van der Waals surface area contributed by atoms with Crippen LogP contribution >= 0.6 is 0 Å². The average Bonchev–Trinajstić information content (AvgIpc) is 2.68. The Kier molecular flexibility index (Phi) is 6.41. The summed E-state index contributed by atoms with van der Waals surface area (Å²) < 4.78 is 4.71. The molecule has 2 N–H and O–H groups in total. The van der Waals surface area contributed by atoms with Crippen LogP contribution in [0.5, 0.6) is 0 Å². The molecule has 3 rings (SSSR count). The number of nitrogens with one attached hydrogen (secondary N) is 2. The molecular weight excluding hydrogens is 340 g/mol. The Labute approximate surface area is 160 Å². The van der Waals surface area contributed by atoms with Gasteiger partial charge in [0.25, 0.3) is 0 Å². The first-order valence-electron chi connectivity index (χ1n) is 9.37. The molecule has 0 atom stereocenters. The van der Waals surface area contributed by atoms with Crippen LogP contribution in [0.1, 0.15) is 48.2 Å². The molecule has 1 aromatic heterocycles. The maximum absolute atomic E-state index is 11.5. The van der Waals surface area contributed by atoms with Gasteiger partial charge in [-0.15, -0.1) is 0 Å². The van der Waals surface area contributed by atoms with E-state index < -0.39 is 0 Å². The van der Waals surface area contributed by atoms with Gasteiger partial charge in [0.2, 0.25) is 5.95 Å². The predicted molar refractivity (Wildman–Crippen MR) is 107 cm³/mol. The second kappa shape index (κ2) is 9.16. The molecule has 1 aliphatic rings. The number of esters is 1. The number of rotatable bonds is 7. The Hall–Kier alpha value is -2.89. The molecule has 1 heterocycles. The number of aryl methyl sites for hydroxylation is 1. The lowest BCUT2D eigenvalue weighted by Gasteiger charge is -2.14. The molecule has 6 heteroatoms. The number of carbonyl (C=O) groups is 1. The van der Waals surface area contributed by atoms with Gasteiger partial charge in [-0.1, -0.05) is 11.6 Å². The summed E-state index contributed by atoms with van der Waals surface area (Å²) in [5.41, 5.74) is 3.75. The molecule has 0 saturated carbocycles. The van der Waals surface area contributed by atoms with E-state index in [-0.39, 0.29) is 5.97 Å². The van der Waals surface area contributed by atoms with Crippen LogP contribution in [0.15, 0.2) is 42.0 Å². The largest absolute Gasteiger partial charge is 0.465 e. The molecule has 142 valence electrons. The maximum atomic E-state index is 11.5. The molecule has 0 saturated heterocycles. The van der Waals surface area contributed by atoms with Crippen molar-refractivity contribution < 1.29 is 9.53 Å². The van der Waals surface area contributed by atoms with Crippen molar-refractivity contribution in [2.45, 2.75) is 39.0 Å². The minimum Gasteiger partial charge on any atom is -0.465 e. The van der Waals surface area contributed by atoms with Gasteiger partial charge in [0.05, 0.1) is 12.7 Å². The maximum Gasteiger partial charge on any atom is 0.337 e. The number of aromatic nitrogens is 2. The van der Waals surface area contributed by atoms with E-state index in [0.717, 1.165) is 30.2 Å². The summed E-state index contributed by atoms with van der Waals surface area (Å²) in [6, 6.07) is 8.98. The molecule has 0 aliphatic heterocycles. The predicted octanol–water partition coefficient (Wildman–Crippen LogP) is 4.62. The Morgan fingerprint density at radius 3 is 2.70 bits per heavy atom. The quantitative estimate of drug-likeness (QED) is 0.550. The number of benzene rings is 1. The summed E-state index contributed by atoms with van der Waals surface area (Å²) in [6.45, 7) is 2.82. The summed E-state index contributed by atoms with van der Waals surface area (Å²) in [4.78, 5) is 20.5. The molecule has 6 nitrogen and oxygen atoms in total. The van der Waals surface area contributed by atoms with E-state index in [1.165, 1.54) is 32.8 Å². The van der Waals surface area contributed by atoms with Gasteiger partial charge < -0.3 is 15.4 Å². The lowest BCUT2D eigenvalue weighted by atomic mass is 9.97. The van der Waals surface area contributed by atoms with Gasteiger partial charge in [-0.25, -0.2) is 9.78 Å². The summed E-state index contributed by atoms with van der Waals surface area (Å²) in [5.74, 6) is 0.987. The number of hydrogen-bond donors (Lipinski definition) is 2. The molecule has 27 heavy (non-hydrogen) atoms. The van der Waals surface area contributed by atoms with Gasteiger partial charge in [0, 0.05) is 24.0 Å². The van der Waals surface area contributed by atoms with Gasteiger partial charge in [-0.05, 0) is 63.3 Å². The number of hydrogen-bond acceptors (Lipinski definition) is 6. The molecule has 0 bridgehead atoms. The number of anilines is 3. The van der Waals surface area contributed by atoms with Gasteiger partial charge >= 0.3 is 5.97 Å². The standard InChI is InChI=1S/C21H26N4O2/c1-15-14-19(22-13-12-16-6-4-3-5-7-16)25-21(23-15)24-18-10-8-17(9-11-18)20(26)27-2/h6,8-11,14H,3-5,7,12-13H2,1-2H3,(H2,22,23,24,25). The Bertz CT molecular complexity index is 815. The van der Waals surface area contributed by atoms with Crippen LogP contribution in [0.4, 0.5) is 17.5 Å². The third-order valence-corrected chi connectivity index (χ3v) is 4.55. The zero-order valence-electron chi connectivity index (χ0n) is 15.9. The van der Waals surface area contributed by atoms with E-state index in [1.807, 2.05) is 13.0 Å². The summed E-state index contributed by atoms with van der Waals surface area (Å²) in [6.07, 6.45) is 8.49. The minimum absolute atomic E-state index is 0.354. The molecule has 0 amide bonds. The fourth-order valence-electron chi connectivity index (χ4n) is 3.13. The highest BCUT2D eigenvalue weighted by atomic mass is 16.5. The van der Waals surface area contributed by atoms with Gasteiger partial charge in [-0.3, -0.25) is 0 Å². The van der Waals surface area contributed by atoms with Crippen molar-refractivity contribution in [3.05, 3.63) is 53.2 Å². The summed E-state index contributed by atoms with van der Waals surface area (Å²) in [5, 5.41) is 6.58. The highest BCUT2D eigenvalue weighted by Gasteiger charge is 2.07. The van der Waals surface area contributed by atoms with E-state index in [1.54, 1.807) is 29.8 Å². The van der Waals surface area contributed by atoms with Crippen LogP contribution in [-0.4, -0.2) is 29.6 Å². The van der Waals surface area contributed by atoms with Crippen molar-refractivity contribution in [1.82, 2.24) is 9.97 Å². The van der Waals surface area contributed by atoms with Gasteiger partial charge in [0.15, 0.2) is 0 Å². The topological polar surface area (TPSA) is 76.1 Å². The van der Waals surface area contributed by atoms with E-state index in [2.05, 4.69) is 26.7 Å². The molecular formula is C21H26N4O2. The lowest BCUT2D eigenvalue weighted by Crippen LogP contribution is -2.08. The number of allylic oxidation sites excluding steroid dienone is 1. The van der Waals surface area contributed by atoms with Crippen LogP contribution in [0.3, 0.4) is 0 Å². The molecule has 1 aliphatic carbocycles. The fraction of sp³-hybridized carbons (Fsp3) is 0.381. The van der Waals surface area contributed by atoms with Crippen LogP contribution in [0.2, 0.25) is 0 Å². The molecule has 0 radical (unpaired) electrons. The summed E-state index contributed by atoms with van der Waals surface area (Å²) in [7, 11) is 1.37. The first kappa shape index (κ1) is 18.9. The smallest absolute Gasteiger partial charge is 0.337 e. The van der Waals surface area contributed by atoms with Gasteiger partial charge in [0.1, 0.15) is 5.82 Å². The zero-order valence-corrected chi connectivity index (χ0v) is 15.9. The normalized spacial score (nSPS) is 13.6. The molecule has 1 aromatic carbocycles. The third kappa shape index (κ3) is 5.54. The second-order valence-corrected chi connectivity index (χ2v) is 6.70. The van der Waals surface area contributed by atoms with E-state index in [4.69, 9.17) is 4.74 Å². The molecule has 0 spiro atoms. The van der Waals surface area contributed by atoms with Crippen LogP contribution < -0.4 is 10.6 Å². The van der Waals surface area contributed by atoms with Crippen molar-refractivity contribution in [2.24, 2.45) is 0 Å². The molecule has 0 fully saturated rings. The van der Waals surface area contributed by atoms with Gasteiger partial charge in [-0.2, -0.15) is 4.98 Å². The zero-order chi connectivity index (χ0) is 19.1.